The van der Waals surface area contributed by atoms with Gasteiger partial charge in [0.15, 0.2) is 0 Å². The Morgan fingerprint density at radius 1 is 1.18 bits per heavy atom. The summed E-state index contributed by atoms with van der Waals surface area (Å²) in [6.07, 6.45) is 0. The molecule has 0 radical (unpaired) electrons. The van der Waals surface area contributed by atoms with Crippen LogP contribution in [-0.4, -0.2) is 19.0 Å². The van der Waals surface area contributed by atoms with Gasteiger partial charge in [0.05, 0.1) is 22.0 Å². The number of anilines is 3. The standard InChI is InChI=1S/C17H20ClN3O/c1-3-21(4-2)16-10-9-12(19)11-15(16)20-17(22)13-7-5-6-8-14(13)18/h5-11H,3-4,19H2,1-2H3,(H,20,22). The van der Waals surface area contributed by atoms with Gasteiger partial charge in [-0.25, -0.2) is 0 Å². The SMILES string of the molecule is CCN(CC)c1ccc(N)cc1NC(=O)c1ccccc1Cl. The van der Waals surface area contributed by atoms with E-state index in [-0.39, 0.29) is 5.91 Å². The molecule has 0 atom stereocenters. The van der Waals surface area contributed by atoms with E-state index in [2.05, 4.69) is 24.1 Å². The second-order valence-corrected chi connectivity index (χ2v) is 5.29. The zero-order valence-corrected chi connectivity index (χ0v) is 13.5. The molecule has 3 N–H and O–H groups in total. The number of nitrogen functional groups attached to an aromatic ring is 1. The van der Waals surface area contributed by atoms with Crippen LogP contribution in [0.5, 0.6) is 0 Å². The van der Waals surface area contributed by atoms with Gasteiger partial charge in [0.25, 0.3) is 5.91 Å². The van der Waals surface area contributed by atoms with Gasteiger partial charge in [-0.1, -0.05) is 23.7 Å². The van der Waals surface area contributed by atoms with Gasteiger partial charge < -0.3 is 16.0 Å². The Kier molecular flexibility index (Phi) is 5.28. The Hall–Kier alpha value is -2.20. The number of carbonyl (C=O) groups excluding carboxylic acids is 1. The Morgan fingerprint density at radius 3 is 2.50 bits per heavy atom. The molecule has 0 fully saturated rings. The maximum Gasteiger partial charge on any atom is 0.257 e. The second kappa shape index (κ2) is 7.18. The number of rotatable bonds is 5. The summed E-state index contributed by atoms with van der Waals surface area (Å²) in [5, 5.41) is 3.34. The number of hydrogen-bond donors (Lipinski definition) is 2. The Labute approximate surface area is 135 Å². The van der Waals surface area contributed by atoms with E-state index in [0.717, 1.165) is 18.8 Å². The van der Waals surface area contributed by atoms with Gasteiger partial charge >= 0.3 is 0 Å². The highest BCUT2D eigenvalue weighted by molar-refractivity contribution is 6.34. The van der Waals surface area contributed by atoms with Crippen LogP contribution < -0.4 is 16.0 Å². The molecule has 2 aromatic rings. The van der Waals surface area contributed by atoms with Gasteiger partial charge in [-0.3, -0.25) is 4.79 Å². The number of hydrogen-bond acceptors (Lipinski definition) is 3. The first kappa shape index (κ1) is 16.2. The van der Waals surface area contributed by atoms with E-state index in [1.165, 1.54) is 0 Å². The molecule has 0 aliphatic rings. The largest absolute Gasteiger partial charge is 0.399 e. The van der Waals surface area contributed by atoms with Gasteiger partial charge in [0.1, 0.15) is 0 Å². The van der Waals surface area contributed by atoms with Crippen molar-refractivity contribution in [3.63, 3.8) is 0 Å². The van der Waals surface area contributed by atoms with E-state index in [4.69, 9.17) is 17.3 Å². The highest BCUT2D eigenvalue weighted by Gasteiger charge is 2.14. The van der Waals surface area contributed by atoms with Crippen molar-refractivity contribution in [3.8, 4) is 0 Å². The normalized spacial score (nSPS) is 10.3. The summed E-state index contributed by atoms with van der Waals surface area (Å²) in [6, 6.07) is 12.5. The maximum absolute atomic E-state index is 12.4. The topological polar surface area (TPSA) is 58.4 Å². The predicted octanol–water partition coefficient (Wildman–Crippen LogP) is 4.02. The number of amides is 1. The molecule has 1 amide bonds. The van der Waals surface area contributed by atoms with Crippen LogP contribution in [0.3, 0.4) is 0 Å². The molecule has 2 rings (SSSR count). The van der Waals surface area contributed by atoms with E-state index < -0.39 is 0 Å². The first-order chi connectivity index (χ1) is 10.6. The minimum absolute atomic E-state index is 0.246. The Morgan fingerprint density at radius 2 is 1.86 bits per heavy atom. The Bertz CT molecular complexity index is 669. The summed E-state index contributed by atoms with van der Waals surface area (Å²) in [4.78, 5) is 14.6. The number of halogens is 1. The summed E-state index contributed by atoms with van der Waals surface area (Å²) in [5.74, 6) is -0.246. The van der Waals surface area contributed by atoms with Crippen molar-refractivity contribution in [2.45, 2.75) is 13.8 Å². The van der Waals surface area contributed by atoms with E-state index in [1.54, 1.807) is 30.3 Å². The average molecular weight is 318 g/mol. The molecule has 0 bridgehead atoms. The third kappa shape index (κ3) is 3.52. The lowest BCUT2D eigenvalue weighted by atomic mass is 10.1. The van der Waals surface area contributed by atoms with Crippen LogP contribution in [0.4, 0.5) is 17.1 Å². The molecule has 116 valence electrons. The summed E-state index contributed by atoms with van der Waals surface area (Å²) in [6.45, 7) is 5.82. The molecule has 0 saturated heterocycles. The van der Waals surface area contributed by atoms with Crippen LogP contribution in [0.1, 0.15) is 24.2 Å². The highest BCUT2D eigenvalue weighted by atomic mass is 35.5. The van der Waals surface area contributed by atoms with Crippen molar-refractivity contribution in [3.05, 3.63) is 53.1 Å². The van der Waals surface area contributed by atoms with E-state index in [0.29, 0.717) is 22.0 Å². The minimum atomic E-state index is -0.246. The smallest absolute Gasteiger partial charge is 0.257 e. The van der Waals surface area contributed by atoms with Crippen molar-refractivity contribution in [2.75, 3.05) is 29.0 Å². The second-order valence-electron chi connectivity index (χ2n) is 4.88. The summed E-state index contributed by atoms with van der Waals surface area (Å²) >= 11 is 6.08. The van der Waals surface area contributed by atoms with Crippen molar-refractivity contribution in [1.29, 1.82) is 0 Å². The molecule has 0 unspecified atom stereocenters. The number of nitrogens with one attached hydrogen (secondary N) is 1. The monoisotopic (exact) mass is 317 g/mol. The van der Waals surface area contributed by atoms with Crippen molar-refractivity contribution in [1.82, 2.24) is 0 Å². The molecular weight excluding hydrogens is 298 g/mol. The van der Waals surface area contributed by atoms with Crippen LogP contribution in [-0.2, 0) is 0 Å². The minimum Gasteiger partial charge on any atom is -0.399 e. The number of carbonyl (C=O) groups is 1. The zero-order valence-electron chi connectivity index (χ0n) is 12.8. The van der Waals surface area contributed by atoms with Crippen molar-refractivity contribution >= 4 is 34.6 Å². The lowest BCUT2D eigenvalue weighted by Gasteiger charge is -2.24. The first-order valence-corrected chi connectivity index (χ1v) is 7.65. The van der Waals surface area contributed by atoms with E-state index in [9.17, 15) is 4.79 Å². The predicted molar refractivity (Wildman–Crippen MR) is 93.8 cm³/mol. The number of nitrogens with two attached hydrogens (primary N) is 1. The van der Waals surface area contributed by atoms with Crippen molar-refractivity contribution in [2.24, 2.45) is 0 Å². The molecular formula is C17H20ClN3O. The molecule has 0 saturated carbocycles. The van der Waals surface area contributed by atoms with Gasteiger partial charge in [-0.15, -0.1) is 0 Å². The van der Waals surface area contributed by atoms with E-state index >= 15 is 0 Å². The fraction of sp³-hybridized carbons (Fsp3) is 0.235. The van der Waals surface area contributed by atoms with Crippen LogP contribution in [0.2, 0.25) is 5.02 Å². The average Bonchev–Trinajstić information content (AvgIpc) is 2.50. The Balaban J connectivity index is 2.34. The van der Waals surface area contributed by atoms with E-state index in [1.807, 2.05) is 12.1 Å². The zero-order chi connectivity index (χ0) is 16.1. The van der Waals surface area contributed by atoms with Crippen LogP contribution in [0.25, 0.3) is 0 Å². The molecule has 0 spiro atoms. The van der Waals surface area contributed by atoms with Crippen LogP contribution >= 0.6 is 11.6 Å². The summed E-state index contributed by atoms with van der Waals surface area (Å²) in [7, 11) is 0. The fourth-order valence-electron chi connectivity index (χ4n) is 2.33. The van der Waals surface area contributed by atoms with Gasteiger partial charge in [0.2, 0.25) is 0 Å². The molecule has 5 heteroatoms. The molecule has 2 aromatic carbocycles. The maximum atomic E-state index is 12.4. The molecule has 0 aliphatic heterocycles. The van der Waals surface area contributed by atoms with Gasteiger partial charge in [-0.05, 0) is 44.2 Å². The van der Waals surface area contributed by atoms with Crippen molar-refractivity contribution < 1.29 is 4.79 Å². The lowest BCUT2D eigenvalue weighted by molar-refractivity contribution is 0.102. The number of benzene rings is 2. The molecule has 0 aromatic heterocycles. The van der Waals surface area contributed by atoms with Gasteiger partial charge in [0, 0.05) is 18.8 Å². The molecule has 4 nitrogen and oxygen atoms in total. The lowest BCUT2D eigenvalue weighted by Crippen LogP contribution is -2.24. The van der Waals surface area contributed by atoms with Crippen LogP contribution in [0.15, 0.2) is 42.5 Å². The highest BCUT2D eigenvalue weighted by Crippen LogP contribution is 2.29. The fourth-order valence-corrected chi connectivity index (χ4v) is 2.55. The summed E-state index contributed by atoms with van der Waals surface area (Å²) in [5.41, 5.74) is 8.54. The molecule has 0 heterocycles. The van der Waals surface area contributed by atoms with Gasteiger partial charge in [-0.2, -0.15) is 0 Å². The molecule has 22 heavy (non-hydrogen) atoms. The summed E-state index contributed by atoms with van der Waals surface area (Å²) < 4.78 is 0. The third-order valence-electron chi connectivity index (χ3n) is 3.49. The third-order valence-corrected chi connectivity index (χ3v) is 3.82. The molecule has 0 aliphatic carbocycles. The quantitative estimate of drug-likeness (QED) is 0.819. The number of nitrogens with zero attached hydrogens (tertiary/aromatic N) is 1. The first-order valence-electron chi connectivity index (χ1n) is 7.27. The van der Waals surface area contributed by atoms with Crippen LogP contribution in [0, 0.1) is 0 Å².